The third-order valence-corrected chi connectivity index (χ3v) is 4.22. The van der Waals surface area contributed by atoms with E-state index in [4.69, 9.17) is 23.8 Å². The highest BCUT2D eigenvalue weighted by Gasteiger charge is 2.22. The zero-order chi connectivity index (χ0) is 14.1. The molecule has 0 bridgehead atoms. The molecule has 1 amide bonds. The number of halogens is 1. The average Bonchev–Trinajstić information content (AvgIpc) is 2.98. The summed E-state index contributed by atoms with van der Waals surface area (Å²) in [7, 11) is 0. The summed E-state index contributed by atoms with van der Waals surface area (Å²) in [6.07, 6.45) is 3.76. The molecule has 0 aliphatic carbocycles. The van der Waals surface area contributed by atoms with E-state index in [1.165, 1.54) is 11.8 Å². The van der Waals surface area contributed by atoms with Crippen molar-refractivity contribution in [3.05, 3.63) is 58.2 Å². The van der Waals surface area contributed by atoms with Crippen LogP contribution in [0.4, 0.5) is 0 Å². The van der Waals surface area contributed by atoms with Gasteiger partial charge in [-0.3, -0.25) is 4.79 Å². The topological polar surface area (TPSA) is 34.0 Å². The van der Waals surface area contributed by atoms with Crippen molar-refractivity contribution in [1.29, 1.82) is 0 Å². The zero-order valence-corrected chi connectivity index (χ0v) is 12.6. The van der Waals surface area contributed by atoms with E-state index in [0.29, 0.717) is 14.2 Å². The molecule has 100 valence electrons. The highest BCUT2D eigenvalue weighted by molar-refractivity contribution is 8.26. The Kier molecular flexibility index (Phi) is 3.65. The smallest absolute Gasteiger partial charge is 0.263 e. The van der Waals surface area contributed by atoms with Crippen molar-refractivity contribution >= 4 is 51.9 Å². The predicted octanol–water partition coefficient (Wildman–Crippen LogP) is 3.62. The third kappa shape index (κ3) is 2.65. The third-order valence-electron chi connectivity index (χ3n) is 2.81. The molecular formula is C14H9ClN2OS2. The molecule has 3 rings (SSSR count). The number of nitrogens with one attached hydrogen (secondary N) is 1. The molecule has 0 spiro atoms. The molecule has 1 aromatic heterocycles. The predicted molar refractivity (Wildman–Crippen MR) is 87.1 cm³/mol. The van der Waals surface area contributed by atoms with E-state index in [1.807, 2.05) is 53.2 Å². The van der Waals surface area contributed by atoms with Gasteiger partial charge in [0.2, 0.25) is 0 Å². The summed E-state index contributed by atoms with van der Waals surface area (Å²) in [5.74, 6) is -0.149. The number of aromatic nitrogens is 1. The number of rotatable bonds is 2. The van der Waals surface area contributed by atoms with Crippen molar-refractivity contribution in [3.8, 4) is 5.69 Å². The van der Waals surface area contributed by atoms with Crippen LogP contribution in [0, 0.1) is 0 Å². The monoisotopic (exact) mass is 320 g/mol. The molecule has 0 radical (unpaired) electrons. The van der Waals surface area contributed by atoms with Crippen molar-refractivity contribution in [2.24, 2.45) is 0 Å². The number of thioether (sulfide) groups is 1. The number of benzene rings is 1. The van der Waals surface area contributed by atoms with Gasteiger partial charge >= 0.3 is 0 Å². The van der Waals surface area contributed by atoms with Crippen molar-refractivity contribution in [2.45, 2.75) is 0 Å². The first-order valence-corrected chi connectivity index (χ1v) is 7.42. The SMILES string of the molecule is O=C1NC(=S)S/C1=C\c1cccn1-c1ccc(Cl)cc1. The van der Waals surface area contributed by atoms with E-state index >= 15 is 0 Å². The second-order valence-corrected chi connectivity index (χ2v) is 6.29. The Morgan fingerprint density at radius 3 is 2.65 bits per heavy atom. The molecule has 20 heavy (non-hydrogen) atoms. The second-order valence-electron chi connectivity index (χ2n) is 4.13. The summed E-state index contributed by atoms with van der Waals surface area (Å²) >= 11 is 12.1. The summed E-state index contributed by atoms with van der Waals surface area (Å²) < 4.78 is 2.48. The largest absolute Gasteiger partial charge is 0.317 e. The molecule has 1 fully saturated rings. The van der Waals surface area contributed by atoms with E-state index < -0.39 is 0 Å². The minimum absolute atomic E-state index is 0.149. The highest BCUT2D eigenvalue weighted by Crippen LogP contribution is 2.27. The normalized spacial score (nSPS) is 16.8. The lowest BCUT2D eigenvalue weighted by molar-refractivity contribution is -0.115. The first-order valence-electron chi connectivity index (χ1n) is 5.81. The second kappa shape index (κ2) is 5.44. The minimum Gasteiger partial charge on any atom is -0.317 e. The van der Waals surface area contributed by atoms with Gasteiger partial charge in [-0.15, -0.1) is 0 Å². The maximum Gasteiger partial charge on any atom is 0.263 e. The number of carbonyl (C=O) groups excluding carboxylic acids is 1. The molecule has 6 heteroatoms. The van der Waals surface area contributed by atoms with Crippen LogP contribution >= 0.6 is 35.6 Å². The van der Waals surface area contributed by atoms with E-state index in [2.05, 4.69) is 5.32 Å². The number of thiocarbonyl (C=S) groups is 1. The van der Waals surface area contributed by atoms with E-state index in [-0.39, 0.29) is 5.91 Å². The lowest BCUT2D eigenvalue weighted by Gasteiger charge is -2.06. The van der Waals surface area contributed by atoms with Crippen molar-refractivity contribution in [1.82, 2.24) is 9.88 Å². The van der Waals surface area contributed by atoms with Crippen LogP contribution in [0.3, 0.4) is 0 Å². The molecule has 0 saturated carbocycles. The maximum absolute atomic E-state index is 11.7. The van der Waals surface area contributed by atoms with Gasteiger partial charge < -0.3 is 9.88 Å². The Hall–Kier alpha value is -1.56. The lowest BCUT2D eigenvalue weighted by atomic mass is 10.3. The summed E-state index contributed by atoms with van der Waals surface area (Å²) in [5.41, 5.74) is 1.90. The molecule has 1 N–H and O–H groups in total. The van der Waals surface area contributed by atoms with Crippen LogP contribution in [0.5, 0.6) is 0 Å². The van der Waals surface area contributed by atoms with Gasteiger partial charge in [0.25, 0.3) is 5.91 Å². The van der Waals surface area contributed by atoms with Gasteiger partial charge in [-0.2, -0.15) is 0 Å². The quantitative estimate of drug-likeness (QED) is 0.678. The molecule has 1 aliphatic rings. The van der Waals surface area contributed by atoms with Crippen LogP contribution in [0.2, 0.25) is 5.02 Å². The zero-order valence-electron chi connectivity index (χ0n) is 10.2. The van der Waals surface area contributed by atoms with Crippen molar-refractivity contribution in [3.63, 3.8) is 0 Å². The van der Waals surface area contributed by atoms with Gasteiger partial charge in [0, 0.05) is 22.6 Å². The Bertz CT molecular complexity index is 719. The van der Waals surface area contributed by atoms with E-state index in [9.17, 15) is 4.79 Å². The molecule has 2 aromatic rings. The molecule has 1 aromatic carbocycles. The van der Waals surface area contributed by atoms with Crippen molar-refractivity contribution < 1.29 is 4.79 Å². The first kappa shape index (κ1) is 13.4. The molecule has 1 saturated heterocycles. The molecule has 0 atom stereocenters. The van der Waals surface area contributed by atoms with Crippen molar-refractivity contribution in [2.75, 3.05) is 0 Å². The number of carbonyl (C=O) groups is 1. The van der Waals surface area contributed by atoms with E-state index in [0.717, 1.165) is 11.4 Å². The Balaban J connectivity index is 1.99. The molecule has 3 nitrogen and oxygen atoms in total. The van der Waals surface area contributed by atoms with Gasteiger partial charge in [-0.05, 0) is 42.5 Å². The lowest BCUT2D eigenvalue weighted by Crippen LogP contribution is -2.17. The number of hydrogen-bond acceptors (Lipinski definition) is 3. The van der Waals surface area contributed by atoms with E-state index in [1.54, 1.807) is 0 Å². The van der Waals surface area contributed by atoms with Gasteiger partial charge in [-0.1, -0.05) is 35.6 Å². The average molecular weight is 321 g/mol. The minimum atomic E-state index is -0.149. The number of hydrogen-bond donors (Lipinski definition) is 1. The maximum atomic E-state index is 11.7. The van der Waals surface area contributed by atoms with Crippen LogP contribution in [0.1, 0.15) is 5.69 Å². The molecular weight excluding hydrogens is 312 g/mol. The van der Waals surface area contributed by atoms with Crippen LogP contribution in [0.25, 0.3) is 11.8 Å². The number of nitrogens with zero attached hydrogens (tertiary/aromatic N) is 1. The van der Waals surface area contributed by atoms with Gasteiger partial charge in [0.1, 0.15) is 4.32 Å². The fraction of sp³-hybridized carbons (Fsp3) is 0. The Morgan fingerprint density at radius 2 is 2.00 bits per heavy atom. The van der Waals surface area contributed by atoms with Gasteiger partial charge in [0.05, 0.1) is 4.91 Å². The van der Waals surface area contributed by atoms with Crippen LogP contribution in [-0.4, -0.2) is 14.8 Å². The first-order chi connectivity index (χ1) is 9.63. The highest BCUT2D eigenvalue weighted by atomic mass is 35.5. The van der Waals surface area contributed by atoms with Crippen LogP contribution in [-0.2, 0) is 4.79 Å². The summed E-state index contributed by atoms with van der Waals surface area (Å²) in [6, 6.07) is 11.4. The van der Waals surface area contributed by atoms with Gasteiger partial charge in [0.15, 0.2) is 0 Å². The molecule has 0 unspecified atom stereocenters. The molecule has 1 aliphatic heterocycles. The van der Waals surface area contributed by atoms with Crippen LogP contribution in [0.15, 0.2) is 47.5 Å². The standard InChI is InChI=1S/C14H9ClN2OS2/c15-9-3-5-10(6-4-9)17-7-1-2-11(17)8-12-13(18)16-14(19)20-12/h1-8H,(H,16,18,19)/b12-8-. The fourth-order valence-electron chi connectivity index (χ4n) is 1.90. The van der Waals surface area contributed by atoms with Crippen LogP contribution < -0.4 is 5.32 Å². The summed E-state index contributed by atoms with van der Waals surface area (Å²) in [6.45, 7) is 0. The number of amides is 1. The Morgan fingerprint density at radius 1 is 1.25 bits per heavy atom. The molecule has 2 heterocycles. The summed E-state index contributed by atoms with van der Waals surface area (Å²) in [5, 5.41) is 3.30. The summed E-state index contributed by atoms with van der Waals surface area (Å²) in [4.78, 5) is 12.3. The Labute approximate surface area is 130 Å². The fourth-order valence-corrected chi connectivity index (χ4v) is 3.06. The van der Waals surface area contributed by atoms with Gasteiger partial charge in [-0.25, -0.2) is 0 Å².